The molecule has 0 spiro atoms. The van der Waals surface area contributed by atoms with E-state index >= 15 is 0 Å². The molecular weight excluding hydrogens is 266 g/mol. The zero-order valence-electron chi connectivity index (χ0n) is 12.6. The van der Waals surface area contributed by atoms with Crippen molar-refractivity contribution >= 4 is 21.5 Å². The Balaban J connectivity index is 2.19. The average molecular weight is 285 g/mol. The molecule has 1 heteroatoms. The summed E-state index contributed by atoms with van der Waals surface area (Å²) in [5, 5.41) is 5.14. The minimum Gasteiger partial charge on any atom is -0.284 e. The molecule has 0 fully saturated rings. The van der Waals surface area contributed by atoms with Crippen molar-refractivity contribution in [1.29, 1.82) is 0 Å². The van der Waals surface area contributed by atoms with Crippen molar-refractivity contribution < 1.29 is 0 Å². The van der Waals surface area contributed by atoms with Crippen LogP contribution in [-0.2, 0) is 6.54 Å². The van der Waals surface area contributed by atoms with Gasteiger partial charge in [-0.15, -0.1) is 13.0 Å². The van der Waals surface area contributed by atoms with E-state index in [1.165, 1.54) is 27.1 Å². The van der Waals surface area contributed by atoms with Crippen LogP contribution in [0.15, 0.2) is 67.3 Å². The third-order valence-electron chi connectivity index (χ3n) is 3.97. The second-order valence-corrected chi connectivity index (χ2v) is 5.46. The van der Waals surface area contributed by atoms with Crippen LogP contribution in [0.25, 0.3) is 21.5 Å². The fraction of sp³-hybridized carbons (Fsp3) is 0.143. The summed E-state index contributed by atoms with van der Waals surface area (Å²) >= 11 is 0. The van der Waals surface area contributed by atoms with Crippen LogP contribution in [0.2, 0.25) is 0 Å². The van der Waals surface area contributed by atoms with Crippen molar-refractivity contribution in [3.05, 3.63) is 72.8 Å². The monoisotopic (exact) mass is 285 g/mol. The highest BCUT2D eigenvalue weighted by atomic mass is 15.1. The van der Waals surface area contributed by atoms with Crippen LogP contribution in [-0.4, -0.2) is 18.0 Å². The summed E-state index contributed by atoms with van der Waals surface area (Å²) in [4.78, 5) is 2.24. The fourth-order valence-electron chi connectivity index (χ4n) is 3.00. The molecule has 3 aromatic rings. The van der Waals surface area contributed by atoms with E-state index in [9.17, 15) is 0 Å². The standard InChI is InChI=1S/C21H19N/c1-3-13-22(14-4-2)16-21-19-11-7-5-9-17(19)15-18-10-6-8-12-20(18)21/h1,4-12,15H,2,13-14,16H2. The first-order valence-corrected chi connectivity index (χ1v) is 7.49. The van der Waals surface area contributed by atoms with Crippen molar-refractivity contribution in [3.63, 3.8) is 0 Å². The first-order chi connectivity index (χ1) is 10.8. The van der Waals surface area contributed by atoms with E-state index in [1.807, 2.05) is 6.08 Å². The molecule has 0 unspecified atom stereocenters. The summed E-state index contributed by atoms with van der Waals surface area (Å²) in [6.45, 7) is 6.09. The van der Waals surface area contributed by atoms with Gasteiger partial charge in [-0.3, -0.25) is 4.90 Å². The molecule has 0 saturated carbocycles. The Morgan fingerprint density at radius 1 is 1.00 bits per heavy atom. The maximum atomic E-state index is 5.51. The van der Waals surface area contributed by atoms with E-state index in [2.05, 4.69) is 72.0 Å². The summed E-state index contributed by atoms with van der Waals surface area (Å²) in [5.74, 6) is 2.75. The molecule has 0 N–H and O–H groups in total. The number of rotatable bonds is 5. The van der Waals surface area contributed by atoms with Gasteiger partial charge in [-0.05, 0) is 33.2 Å². The Morgan fingerprint density at radius 2 is 1.59 bits per heavy atom. The van der Waals surface area contributed by atoms with Gasteiger partial charge >= 0.3 is 0 Å². The smallest absolute Gasteiger partial charge is 0.0604 e. The van der Waals surface area contributed by atoms with Crippen LogP contribution in [0.3, 0.4) is 0 Å². The Kier molecular flexibility index (Phi) is 4.23. The van der Waals surface area contributed by atoms with Gasteiger partial charge in [0.25, 0.3) is 0 Å². The van der Waals surface area contributed by atoms with Gasteiger partial charge in [-0.25, -0.2) is 0 Å². The van der Waals surface area contributed by atoms with Gasteiger partial charge < -0.3 is 0 Å². The van der Waals surface area contributed by atoms with Crippen molar-refractivity contribution in [1.82, 2.24) is 4.90 Å². The molecule has 0 aliphatic carbocycles. The van der Waals surface area contributed by atoms with Crippen LogP contribution in [0.4, 0.5) is 0 Å². The Bertz CT molecular complexity index is 801. The number of benzene rings is 3. The molecule has 22 heavy (non-hydrogen) atoms. The molecule has 3 aromatic carbocycles. The van der Waals surface area contributed by atoms with Crippen LogP contribution in [0, 0.1) is 12.3 Å². The minimum absolute atomic E-state index is 0.629. The molecule has 0 heterocycles. The summed E-state index contributed by atoms with van der Waals surface area (Å²) < 4.78 is 0. The van der Waals surface area contributed by atoms with Gasteiger partial charge in [0.15, 0.2) is 0 Å². The topological polar surface area (TPSA) is 3.24 Å². The largest absolute Gasteiger partial charge is 0.284 e. The molecule has 0 aromatic heterocycles. The van der Waals surface area contributed by atoms with Crippen LogP contribution in [0.5, 0.6) is 0 Å². The van der Waals surface area contributed by atoms with Crippen molar-refractivity contribution in [3.8, 4) is 12.3 Å². The quantitative estimate of drug-likeness (QED) is 0.376. The van der Waals surface area contributed by atoms with E-state index in [0.717, 1.165) is 13.1 Å². The fourth-order valence-corrected chi connectivity index (χ4v) is 3.00. The van der Waals surface area contributed by atoms with E-state index in [4.69, 9.17) is 6.42 Å². The maximum absolute atomic E-state index is 5.51. The Morgan fingerprint density at radius 3 is 2.14 bits per heavy atom. The predicted octanol–water partition coefficient (Wildman–Crippen LogP) is 4.61. The van der Waals surface area contributed by atoms with Gasteiger partial charge in [0, 0.05) is 13.1 Å². The van der Waals surface area contributed by atoms with Crippen molar-refractivity contribution in [2.75, 3.05) is 13.1 Å². The molecule has 0 radical (unpaired) electrons. The SMILES string of the molecule is C#CCN(CC=C)Cc1c2ccccc2cc2ccccc12. The summed E-state index contributed by atoms with van der Waals surface area (Å²) in [5.41, 5.74) is 1.34. The summed E-state index contributed by atoms with van der Waals surface area (Å²) in [7, 11) is 0. The molecule has 3 rings (SSSR count). The molecule has 0 saturated heterocycles. The Hall–Kier alpha value is -2.56. The third kappa shape index (κ3) is 2.74. The van der Waals surface area contributed by atoms with Gasteiger partial charge in [0.1, 0.15) is 0 Å². The van der Waals surface area contributed by atoms with Crippen molar-refractivity contribution in [2.45, 2.75) is 6.54 Å². The molecule has 0 aliphatic rings. The normalized spacial score (nSPS) is 10.9. The van der Waals surface area contributed by atoms with Crippen LogP contribution >= 0.6 is 0 Å². The van der Waals surface area contributed by atoms with Crippen LogP contribution < -0.4 is 0 Å². The molecule has 0 amide bonds. The van der Waals surface area contributed by atoms with Gasteiger partial charge in [0.2, 0.25) is 0 Å². The highest BCUT2D eigenvalue weighted by molar-refractivity contribution is 6.02. The van der Waals surface area contributed by atoms with E-state index in [1.54, 1.807) is 0 Å². The maximum Gasteiger partial charge on any atom is 0.0604 e. The zero-order valence-corrected chi connectivity index (χ0v) is 12.6. The third-order valence-corrected chi connectivity index (χ3v) is 3.97. The number of hydrogen-bond donors (Lipinski definition) is 0. The number of fused-ring (bicyclic) bond motifs is 2. The number of hydrogen-bond acceptors (Lipinski definition) is 1. The number of terminal acetylenes is 1. The lowest BCUT2D eigenvalue weighted by atomic mass is 9.96. The van der Waals surface area contributed by atoms with E-state index < -0.39 is 0 Å². The first kappa shape index (κ1) is 14.4. The lowest BCUT2D eigenvalue weighted by molar-refractivity contribution is 0.335. The second kappa shape index (κ2) is 6.47. The lowest BCUT2D eigenvalue weighted by Gasteiger charge is -2.20. The average Bonchev–Trinajstić information content (AvgIpc) is 2.55. The lowest BCUT2D eigenvalue weighted by Crippen LogP contribution is -2.23. The predicted molar refractivity (Wildman–Crippen MR) is 95.8 cm³/mol. The second-order valence-electron chi connectivity index (χ2n) is 5.46. The van der Waals surface area contributed by atoms with Gasteiger partial charge in [-0.1, -0.05) is 60.5 Å². The first-order valence-electron chi connectivity index (χ1n) is 7.49. The highest BCUT2D eigenvalue weighted by Gasteiger charge is 2.10. The van der Waals surface area contributed by atoms with E-state index in [-0.39, 0.29) is 0 Å². The van der Waals surface area contributed by atoms with E-state index in [0.29, 0.717) is 6.54 Å². The molecule has 0 bridgehead atoms. The number of nitrogens with zero attached hydrogens (tertiary/aromatic N) is 1. The molecule has 0 atom stereocenters. The minimum atomic E-state index is 0.629. The van der Waals surface area contributed by atoms with Gasteiger partial charge in [0.05, 0.1) is 6.54 Å². The van der Waals surface area contributed by atoms with Crippen LogP contribution in [0.1, 0.15) is 5.56 Å². The highest BCUT2D eigenvalue weighted by Crippen LogP contribution is 2.29. The molecule has 1 nitrogen and oxygen atoms in total. The Labute approximate surface area is 131 Å². The summed E-state index contributed by atoms with van der Waals surface area (Å²) in [6.07, 6.45) is 7.42. The van der Waals surface area contributed by atoms with Gasteiger partial charge in [-0.2, -0.15) is 0 Å². The molecular formula is C21H19N. The summed E-state index contributed by atoms with van der Waals surface area (Å²) in [6, 6.07) is 19.4. The molecule has 0 aliphatic heterocycles. The van der Waals surface area contributed by atoms with Crippen molar-refractivity contribution in [2.24, 2.45) is 0 Å². The zero-order chi connectivity index (χ0) is 15.4. The molecule has 108 valence electrons.